The Morgan fingerprint density at radius 2 is 1.87 bits per heavy atom. The summed E-state index contributed by atoms with van der Waals surface area (Å²) in [5, 5.41) is 11.3. The number of aromatic nitrogens is 3. The Hall–Kier alpha value is -3.19. The van der Waals surface area contributed by atoms with Crippen molar-refractivity contribution in [3.63, 3.8) is 0 Å². The van der Waals surface area contributed by atoms with Gasteiger partial charge in [-0.2, -0.15) is 18.3 Å². The molecule has 0 unspecified atom stereocenters. The highest BCUT2D eigenvalue weighted by Crippen LogP contribution is 2.40. The lowest BCUT2D eigenvalue weighted by Crippen LogP contribution is -2.58. The number of aryl methyl sites for hydroxylation is 1. The molecule has 3 aromatic rings. The standard InChI is InChI=1S/C25H26F6N6O/c1-13(16-4-3-5-17(20(16)26)23(27)28)32-24-18-10-19(37-7-6-36-8-9-38-12-15(36)11-37)22(25(29,30)31)33-21(18)14(2)34-35-24/h3-5,10,13,15,23H,6-9,11-12H2,1-2H3,(H,32,35)/t13-,15+/m1/s1. The first kappa shape index (κ1) is 26.4. The van der Waals surface area contributed by atoms with Gasteiger partial charge >= 0.3 is 6.18 Å². The van der Waals surface area contributed by atoms with Crippen LogP contribution in [0.15, 0.2) is 24.3 Å². The van der Waals surface area contributed by atoms with Crippen LogP contribution in [0.1, 0.15) is 41.9 Å². The predicted molar refractivity (Wildman–Crippen MR) is 129 cm³/mol. The summed E-state index contributed by atoms with van der Waals surface area (Å²) in [5.41, 5.74) is -1.71. The second-order valence-corrected chi connectivity index (χ2v) is 9.51. The number of nitrogens with zero attached hydrogens (tertiary/aromatic N) is 5. The third kappa shape index (κ3) is 4.96. The minimum Gasteiger partial charge on any atom is -0.378 e. The summed E-state index contributed by atoms with van der Waals surface area (Å²) >= 11 is 0. The van der Waals surface area contributed by atoms with E-state index < -0.39 is 35.7 Å². The van der Waals surface area contributed by atoms with Crippen LogP contribution < -0.4 is 10.2 Å². The number of nitrogens with one attached hydrogen (secondary N) is 1. The largest absolute Gasteiger partial charge is 0.435 e. The van der Waals surface area contributed by atoms with E-state index in [0.717, 1.165) is 12.6 Å². The summed E-state index contributed by atoms with van der Waals surface area (Å²) < 4.78 is 89.3. The van der Waals surface area contributed by atoms with E-state index >= 15 is 0 Å². The molecule has 13 heteroatoms. The zero-order valence-electron chi connectivity index (χ0n) is 20.7. The van der Waals surface area contributed by atoms with E-state index in [1.807, 2.05) is 0 Å². The molecule has 1 N–H and O–H groups in total. The highest BCUT2D eigenvalue weighted by atomic mass is 19.4. The Balaban J connectivity index is 1.56. The second-order valence-electron chi connectivity index (χ2n) is 9.51. The monoisotopic (exact) mass is 540 g/mol. The fourth-order valence-electron chi connectivity index (χ4n) is 5.06. The zero-order valence-corrected chi connectivity index (χ0v) is 20.7. The number of rotatable bonds is 5. The van der Waals surface area contributed by atoms with E-state index in [1.54, 1.807) is 11.8 Å². The zero-order chi connectivity index (χ0) is 27.2. The van der Waals surface area contributed by atoms with Gasteiger partial charge in [0.15, 0.2) is 11.5 Å². The van der Waals surface area contributed by atoms with E-state index in [2.05, 4.69) is 25.4 Å². The minimum atomic E-state index is -4.72. The number of halogens is 6. The van der Waals surface area contributed by atoms with Crippen molar-refractivity contribution in [2.45, 2.75) is 38.5 Å². The average molecular weight is 541 g/mol. The molecule has 1 aromatic carbocycles. The van der Waals surface area contributed by atoms with Gasteiger partial charge < -0.3 is 15.0 Å². The maximum atomic E-state index is 14.8. The van der Waals surface area contributed by atoms with Gasteiger partial charge in [-0.15, -0.1) is 5.10 Å². The Morgan fingerprint density at radius 3 is 2.61 bits per heavy atom. The molecule has 0 saturated carbocycles. The number of alkyl halides is 5. The topological polar surface area (TPSA) is 66.4 Å². The molecule has 5 rings (SSSR count). The lowest BCUT2D eigenvalue weighted by molar-refractivity contribution is -0.140. The number of fused-ring (bicyclic) bond motifs is 2. The van der Waals surface area contributed by atoms with Crippen LogP contribution in [-0.4, -0.2) is 65.5 Å². The molecule has 4 heterocycles. The van der Waals surface area contributed by atoms with Crippen LogP contribution in [0.5, 0.6) is 0 Å². The van der Waals surface area contributed by atoms with E-state index in [9.17, 15) is 26.3 Å². The summed E-state index contributed by atoms with van der Waals surface area (Å²) in [6.07, 6.45) is -7.72. The van der Waals surface area contributed by atoms with E-state index in [4.69, 9.17) is 4.74 Å². The molecule has 204 valence electrons. The molecule has 0 bridgehead atoms. The fourth-order valence-corrected chi connectivity index (χ4v) is 5.06. The van der Waals surface area contributed by atoms with Crippen molar-refractivity contribution in [1.29, 1.82) is 0 Å². The predicted octanol–water partition coefficient (Wildman–Crippen LogP) is 5.12. The van der Waals surface area contributed by atoms with Gasteiger partial charge in [-0.1, -0.05) is 18.2 Å². The van der Waals surface area contributed by atoms with Gasteiger partial charge in [0.1, 0.15) is 5.82 Å². The van der Waals surface area contributed by atoms with Gasteiger partial charge in [-0.3, -0.25) is 4.90 Å². The number of piperazine rings is 1. The van der Waals surface area contributed by atoms with Crippen LogP contribution in [-0.2, 0) is 10.9 Å². The first-order chi connectivity index (χ1) is 18.0. The molecule has 7 nitrogen and oxygen atoms in total. The molecule has 0 spiro atoms. The van der Waals surface area contributed by atoms with E-state index in [0.29, 0.717) is 32.8 Å². The quantitative estimate of drug-likeness (QED) is 0.451. The van der Waals surface area contributed by atoms with E-state index in [-0.39, 0.29) is 39.7 Å². The summed E-state index contributed by atoms with van der Waals surface area (Å²) in [6.45, 7) is 6.07. The summed E-state index contributed by atoms with van der Waals surface area (Å²) in [5.74, 6) is -0.986. The van der Waals surface area contributed by atoms with Gasteiger partial charge in [0.2, 0.25) is 0 Å². The van der Waals surface area contributed by atoms with Crippen molar-refractivity contribution in [3.05, 3.63) is 52.6 Å². The highest BCUT2D eigenvalue weighted by Gasteiger charge is 2.40. The molecule has 2 aromatic heterocycles. The van der Waals surface area contributed by atoms with Crippen molar-refractivity contribution in [2.24, 2.45) is 0 Å². The molecular formula is C25H26F6N6O. The molecule has 38 heavy (non-hydrogen) atoms. The maximum Gasteiger partial charge on any atom is 0.435 e. The Kier molecular flexibility index (Phi) is 7.07. The van der Waals surface area contributed by atoms with Crippen LogP contribution in [0, 0.1) is 12.7 Å². The minimum absolute atomic E-state index is 0.00721. The molecule has 2 aliphatic rings. The van der Waals surface area contributed by atoms with Gasteiger partial charge in [-0.05, 0) is 19.9 Å². The fraction of sp³-hybridized carbons (Fsp3) is 0.480. The third-order valence-corrected chi connectivity index (χ3v) is 7.06. The number of pyridine rings is 1. The smallest absolute Gasteiger partial charge is 0.378 e. The summed E-state index contributed by atoms with van der Waals surface area (Å²) in [7, 11) is 0. The van der Waals surface area contributed by atoms with Crippen LogP contribution >= 0.6 is 0 Å². The normalized spacial score (nSPS) is 19.6. The van der Waals surface area contributed by atoms with Crippen LogP contribution in [0.2, 0.25) is 0 Å². The maximum absolute atomic E-state index is 14.8. The molecular weight excluding hydrogens is 514 g/mol. The molecule has 2 fully saturated rings. The number of ether oxygens (including phenoxy) is 1. The van der Waals surface area contributed by atoms with Crippen molar-refractivity contribution < 1.29 is 31.1 Å². The molecule has 2 aliphatic heterocycles. The van der Waals surface area contributed by atoms with Crippen LogP contribution in [0.3, 0.4) is 0 Å². The molecule has 0 amide bonds. The average Bonchev–Trinajstić information content (AvgIpc) is 2.88. The lowest BCUT2D eigenvalue weighted by Gasteiger charge is -2.44. The summed E-state index contributed by atoms with van der Waals surface area (Å²) in [4.78, 5) is 7.85. The van der Waals surface area contributed by atoms with Crippen molar-refractivity contribution in [1.82, 2.24) is 20.1 Å². The number of morpholine rings is 1. The van der Waals surface area contributed by atoms with E-state index in [1.165, 1.54) is 25.1 Å². The molecule has 2 saturated heterocycles. The van der Waals surface area contributed by atoms with Crippen molar-refractivity contribution in [2.75, 3.05) is 49.6 Å². The number of hydrogen-bond donors (Lipinski definition) is 1. The third-order valence-electron chi connectivity index (χ3n) is 7.06. The van der Waals surface area contributed by atoms with Gasteiger partial charge in [0.05, 0.1) is 47.8 Å². The lowest BCUT2D eigenvalue weighted by atomic mass is 10.0. The highest BCUT2D eigenvalue weighted by molar-refractivity contribution is 5.93. The number of benzene rings is 1. The Labute approximate surface area is 214 Å². The van der Waals surface area contributed by atoms with Crippen molar-refractivity contribution in [3.8, 4) is 0 Å². The molecule has 0 aliphatic carbocycles. The first-order valence-corrected chi connectivity index (χ1v) is 12.2. The van der Waals surface area contributed by atoms with Gasteiger partial charge in [0.25, 0.3) is 6.43 Å². The first-order valence-electron chi connectivity index (χ1n) is 12.2. The van der Waals surface area contributed by atoms with Crippen LogP contribution in [0.4, 0.5) is 37.8 Å². The van der Waals surface area contributed by atoms with Crippen LogP contribution in [0.25, 0.3) is 10.9 Å². The van der Waals surface area contributed by atoms with Gasteiger partial charge in [0, 0.05) is 37.1 Å². The molecule has 0 radical (unpaired) electrons. The number of hydrogen-bond acceptors (Lipinski definition) is 7. The Morgan fingerprint density at radius 1 is 1.11 bits per heavy atom. The summed E-state index contributed by atoms with van der Waals surface area (Å²) in [6, 6.07) is 4.17. The van der Waals surface area contributed by atoms with Gasteiger partial charge in [-0.25, -0.2) is 18.2 Å². The molecule has 2 atom stereocenters. The van der Waals surface area contributed by atoms with Crippen molar-refractivity contribution >= 4 is 22.4 Å². The second kappa shape index (κ2) is 10.2. The Bertz CT molecular complexity index is 1340. The number of anilines is 2. The SMILES string of the molecule is Cc1nnc(N[C@H](C)c2cccc(C(F)F)c2F)c2cc(N3CCN4CCOC[C@@H]4C3)c(C(F)(F)F)nc12.